The van der Waals surface area contributed by atoms with Crippen molar-refractivity contribution in [2.75, 3.05) is 30.2 Å². The number of nitrogens with one attached hydrogen (secondary N) is 1. The van der Waals surface area contributed by atoms with E-state index in [2.05, 4.69) is 21.6 Å². The van der Waals surface area contributed by atoms with Crippen molar-refractivity contribution in [2.45, 2.75) is 29.5 Å². The predicted molar refractivity (Wildman–Crippen MR) is 163 cm³/mol. The molecule has 0 spiro atoms. The van der Waals surface area contributed by atoms with E-state index in [1.54, 1.807) is 48.4 Å². The lowest BCUT2D eigenvalue weighted by atomic mass is 9.75. The molecule has 42 heavy (non-hydrogen) atoms. The molecule has 0 fully saturated rings. The maximum atomic E-state index is 13.5. The number of Topliss-reactive ketones (excluding diaryl/α,β-unsaturated/α-hetero) is 1. The minimum atomic E-state index is -0.732. The number of methoxy groups -OCH3 is 2. The molecule has 2 aromatic carbocycles. The highest BCUT2D eigenvalue weighted by molar-refractivity contribution is 8.01. The maximum absolute atomic E-state index is 13.5. The van der Waals surface area contributed by atoms with Crippen molar-refractivity contribution in [3.05, 3.63) is 74.7 Å². The van der Waals surface area contributed by atoms with Gasteiger partial charge in [0, 0.05) is 28.3 Å². The lowest BCUT2D eigenvalue weighted by Crippen LogP contribution is -2.38. The number of aromatic nitrogens is 2. The SMILES string of the molecule is COc1ccc(OC)c(C2C(C#N)=C(N)N(c3nnc(SCC(=O)Nc4ccc(Cl)cc4Cl)s3)C3=C2C(=O)CCC3)c1. The van der Waals surface area contributed by atoms with Gasteiger partial charge in [-0.2, -0.15) is 5.26 Å². The first kappa shape index (κ1) is 29.7. The average molecular weight is 644 g/mol. The van der Waals surface area contributed by atoms with Crippen molar-refractivity contribution in [1.29, 1.82) is 5.26 Å². The highest BCUT2D eigenvalue weighted by Crippen LogP contribution is 2.49. The topological polar surface area (TPSA) is 143 Å². The van der Waals surface area contributed by atoms with E-state index in [1.807, 2.05) is 0 Å². The first-order chi connectivity index (χ1) is 20.2. The van der Waals surface area contributed by atoms with E-state index in [-0.39, 0.29) is 28.8 Å². The van der Waals surface area contributed by atoms with E-state index in [0.717, 1.165) is 0 Å². The molecule has 0 radical (unpaired) electrons. The van der Waals surface area contributed by atoms with Gasteiger partial charge in [0.15, 0.2) is 10.1 Å². The van der Waals surface area contributed by atoms with E-state index < -0.39 is 5.92 Å². The van der Waals surface area contributed by atoms with Gasteiger partial charge in [0.1, 0.15) is 17.3 Å². The normalized spacial score (nSPS) is 16.7. The number of carbonyl (C=O) groups excluding carboxylic acids is 2. The number of halogens is 2. The zero-order chi connectivity index (χ0) is 30.0. The second kappa shape index (κ2) is 12.6. The zero-order valence-electron chi connectivity index (χ0n) is 22.4. The van der Waals surface area contributed by atoms with Gasteiger partial charge >= 0.3 is 0 Å². The Hall–Kier alpha value is -3.76. The van der Waals surface area contributed by atoms with Crippen LogP contribution in [-0.4, -0.2) is 41.9 Å². The summed E-state index contributed by atoms with van der Waals surface area (Å²) in [5.41, 5.74) is 9.05. The highest BCUT2D eigenvalue weighted by Gasteiger charge is 2.42. The quantitative estimate of drug-likeness (QED) is 0.285. The minimum Gasteiger partial charge on any atom is -0.497 e. The maximum Gasteiger partial charge on any atom is 0.234 e. The molecule has 2 heterocycles. The number of hydrogen-bond donors (Lipinski definition) is 2. The summed E-state index contributed by atoms with van der Waals surface area (Å²) in [6.45, 7) is 0. The van der Waals surface area contributed by atoms with Crippen molar-refractivity contribution < 1.29 is 19.1 Å². The molecule has 1 atom stereocenters. The molecule has 10 nitrogen and oxygen atoms in total. The number of carbonyl (C=O) groups is 2. The molecule has 14 heteroatoms. The number of nitrogens with two attached hydrogens (primary N) is 1. The summed E-state index contributed by atoms with van der Waals surface area (Å²) in [7, 11) is 3.07. The number of hydrogen-bond acceptors (Lipinski definition) is 11. The van der Waals surface area contributed by atoms with Crippen LogP contribution in [0.4, 0.5) is 10.8 Å². The van der Waals surface area contributed by atoms with Crippen LogP contribution in [0, 0.1) is 11.3 Å². The van der Waals surface area contributed by atoms with Crippen LogP contribution in [0.25, 0.3) is 0 Å². The second-order valence-electron chi connectivity index (χ2n) is 9.24. The summed E-state index contributed by atoms with van der Waals surface area (Å²) in [6.07, 6.45) is 1.52. The van der Waals surface area contributed by atoms with Crippen LogP contribution in [0.5, 0.6) is 11.5 Å². The van der Waals surface area contributed by atoms with Crippen molar-refractivity contribution in [3.63, 3.8) is 0 Å². The second-order valence-corrected chi connectivity index (χ2v) is 12.3. The molecule has 3 N–H and O–H groups in total. The van der Waals surface area contributed by atoms with Gasteiger partial charge in [0.05, 0.1) is 48.2 Å². The van der Waals surface area contributed by atoms with E-state index in [4.69, 9.17) is 38.4 Å². The molecule has 0 bridgehead atoms. The third kappa shape index (κ3) is 5.78. The molecule has 1 aliphatic carbocycles. The number of thioether (sulfide) groups is 1. The van der Waals surface area contributed by atoms with E-state index in [9.17, 15) is 14.9 Å². The number of amides is 1. The van der Waals surface area contributed by atoms with Crippen LogP contribution in [0.15, 0.2) is 63.4 Å². The number of benzene rings is 2. The summed E-state index contributed by atoms with van der Waals surface area (Å²) in [6, 6.07) is 12.3. The van der Waals surface area contributed by atoms with Crippen LogP contribution in [0.1, 0.15) is 30.7 Å². The molecule has 1 amide bonds. The number of ether oxygens (including phenoxy) is 2. The standard InChI is InChI=1S/C28H24Cl2N6O4S2/c1-39-15-7-9-22(40-2)16(11-15)24-17(12-31)26(32)36(20-4-3-5-21(37)25(20)24)27-34-35-28(42-27)41-13-23(38)33-19-8-6-14(29)10-18(19)30/h6-11,24H,3-5,13,32H2,1-2H3,(H,33,38). The molecule has 1 aromatic heterocycles. The Balaban J connectivity index is 1.45. The van der Waals surface area contributed by atoms with Gasteiger partial charge in [-0.25, -0.2) is 0 Å². The van der Waals surface area contributed by atoms with E-state index in [0.29, 0.717) is 72.8 Å². The van der Waals surface area contributed by atoms with Gasteiger partial charge in [-0.05, 0) is 49.2 Å². The van der Waals surface area contributed by atoms with Gasteiger partial charge in [-0.1, -0.05) is 46.3 Å². The molecule has 5 rings (SSSR count). The van der Waals surface area contributed by atoms with Crippen molar-refractivity contribution in [1.82, 2.24) is 10.2 Å². The molecular weight excluding hydrogens is 619 g/mol. The number of anilines is 2. The smallest absolute Gasteiger partial charge is 0.234 e. The lowest BCUT2D eigenvalue weighted by molar-refractivity contribution is -0.116. The Kier molecular flexibility index (Phi) is 8.93. The monoisotopic (exact) mass is 642 g/mol. The van der Waals surface area contributed by atoms with Crippen molar-refractivity contribution in [3.8, 4) is 17.6 Å². The Bertz CT molecular complexity index is 1680. The molecule has 2 aliphatic rings. The summed E-state index contributed by atoms with van der Waals surface area (Å²) < 4.78 is 11.5. The van der Waals surface area contributed by atoms with Crippen LogP contribution >= 0.6 is 46.3 Å². The van der Waals surface area contributed by atoms with E-state index in [1.165, 1.54) is 30.2 Å². The molecular formula is C28H24Cl2N6O4S2. The molecule has 216 valence electrons. The predicted octanol–water partition coefficient (Wildman–Crippen LogP) is 5.90. The van der Waals surface area contributed by atoms with Crippen LogP contribution in [-0.2, 0) is 9.59 Å². The van der Waals surface area contributed by atoms with Crippen LogP contribution < -0.4 is 25.4 Å². The van der Waals surface area contributed by atoms with Crippen LogP contribution in [0.3, 0.4) is 0 Å². The summed E-state index contributed by atoms with van der Waals surface area (Å²) in [5, 5.41) is 22.8. The minimum absolute atomic E-state index is 0.0481. The van der Waals surface area contributed by atoms with Gasteiger partial charge in [-0.15, -0.1) is 10.2 Å². The van der Waals surface area contributed by atoms with Gasteiger partial charge in [0.25, 0.3) is 0 Å². The molecule has 1 unspecified atom stereocenters. The van der Waals surface area contributed by atoms with Gasteiger partial charge < -0.3 is 20.5 Å². The molecule has 0 saturated heterocycles. The molecule has 1 aliphatic heterocycles. The summed E-state index contributed by atoms with van der Waals surface area (Å²) >= 11 is 14.5. The van der Waals surface area contributed by atoms with E-state index >= 15 is 0 Å². The first-order valence-electron chi connectivity index (χ1n) is 12.6. The number of nitrogens with zero attached hydrogens (tertiary/aromatic N) is 4. The Morgan fingerprint density at radius 3 is 2.74 bits per heavy atom. The van der Waals surface area contributed by atoms with Crippen LogP contribution in [0.2, 0.25) is 10.0 Å². The third-order valence-corrected chi connectivity index (χ3v) is 9.37. The molecule has 3 aromatic rings. The Morgan fingerprint density at radius 1 is 1.21 bits per heavy atom. The lowest BCUT2D eigenvalue weighted by Gasteiger charge is -2.38. The Morgan fingerprint density at radius 2 is 2.02 bits per heavy atom. The zero-order valence-corrected chi connectivity index (χ0v) is 25.6. The summed E-state index contributed by atoms with van der Waals surface area (Å²) in [5.74, 6) is 0.173. The number of allylic oxidation sites excluding steroid dienone is 3. The Labute approximate surface area is 260 Å². The fourth-order valence-corrected chi connectivity index (χ4v) is 7.07. The average Bonchev–Trinajstić information content (AvgIpc) is 3.45. The van der Waals surface area contributed by atoms with Gasteiger partial charge in [-0.3, -0.25) is 14.5 Å². The van der Waals surface area contributed by atoms with Crippen molar-refractivity contribution in [2.24, 2.45) is 5.73 Å². The third-order valence-electron chi connectivity index (χ3n) is 6.78. The fraction of sp³-hybridized carbons (Fsp3) is 0.250. The van der Waals surface area contributed by atoms with Crippen molar-refractivity contribution >= 4 is 68.8 Å². The number of ketones is 1. The number of nitriles is 1. The first-order valence-corrected chi connectivity index (χ1v) is 15.2. The largest absolute Gasteiger partial charge is 0.497 e. The fourth-order valence-electron chi connectivity index (χ4n) is 4.94. The van der Waals surface area contributed by atoms with Gasteiger partial charge in [0.2, 0.25) is 11.0 Å². The number of rotatable bonds is 8. The molecule has 0 saturated carbocycles. The highest BCUT2D eigenvalue weighted by atomic mass is 35.5. The summed E-state index contributed by atoms with van der Waals surface area (Å²) in [4.78, 5) is 27.7.